The summed E-state index contributed by atoms with van der Waals surface area (Å²) in [6.45, 7) is 8.06. The van der Waals surface area contributed by atoms with Crippen LogP contribution in [0.5, 0.6) is 5.75 Å². The van der Waals surface area contributed by atoms with Crippen molar-refractivity contribution in [2.45, 2.75) is 38.8 Å². The molecule has 1 aromatic carbocycles. The van der Waals surface area contributed by atoms with Crippen LogP contribution in [-0.2, 0) is 6.54 Å². The van der Waals surface area contributed by atoms with Gasteiger partial charge in [0.15, 0.2) is 0 Å². The number of nitrogens with zero attached hydrogens (tertiary/aromatic N) is 1. The lowest BCUT2D eigenvalue weighted by molar-refractivity contribution is 0.340. The van der Waals surface area contributed by atoms with Crippen LogP contribution < -0.4 is 20.3 Å². The van der Waals surface area contributed by atoms with Gasteiger partial charge < -0.3 is 20.3 Å². The van der Waals surface area contributed by atoms with Crippen LogP contribution in [0.3, 0.4) is 0 Å². The van der Waals surface area contributed by atoms with Crippen molar-refractivity contribution in [1.29, 1.82) is 0 Å². The smallest absolute Gasteiger partial charge is 0.142 e. The Bertz CT molecular complexity index is 451. The SMILES string of the molecule is CCOc1cc(CNC2CC2)ccc1N1CCCNCC1. The maximum atomic E-state index is 5.90. The number of benzene rings is 1. The van der Waals surface area contributed by atoms with Crippen molar-refractivity contribution in [1.82, 2.24) is 10.6 Å². The number of nitrogens with one attached hydrogen (secondary N) is 2. The Labute approximate surface area is 127 Å². The number of ether oxygens (including phenoxy) is 1. The fraction of sp³-hybridized carbons (Fsp3) is 0.647. The van der Waals surface area contributed by atoms with E-state index in [2.05, 4.69) is 40.7 Å². The van der Waals surface area contributed by atoms with E-state index in [0.717, 1.165) is 51.1 Å². The van der Waals surface area contributed by atoms with Crippen LogP contribution in [0.25, 0.3) is 0 Å². The minimum Gasteiger partial charge on any atom is -0.492 e. The molecular formula is C17H27N3O. The summed E-state index contributed by atoms with van der Waals surface area (Å²) in [5.74, 6) is 1.04. The Morgan fingerprint density at radius 2 is 2.19 bits per heavy atom. The van der Waals surface area contributed by atoms with Gasteiger partial charge in [-0.3, -0.25) is 0 Å². The molecule has 21 heavy (non-hydrogen) atoms. The normalized spacial score (nSPS) is 19.4. The zero-order valence-electron chi connectivity index (χ0n) is 13.0. The summed E-state index contributed by atoms with van der Waals surface area (Å²) in [4.78, 5) is 2.45. The van der Waals surface area contributed by atoms with Crippen molar-refractivity contribution >= 4 is 5.69 Å². The maximum Gasteiger partial charge on any atom is 0.142 e. The van der Waals surface area contributed by atoms with E-state index in [9.17, 15) is 0 Å². The fourth-order valence-corrected chi connectivity index (χ4v) is 2.84. The molecule has 0 bridgehead atoms. The highest BCUT2D eigenvalue weighted by molar-refractivity contribution is 5.60. The highest BCUT2D eigenvalue weighted by atomic mass is 16.5. The average molecular weight is 289 g/mol. The van der Waals surface area contributed by atoms with Gasteiger partial charge in [0.1, 0.15) is 5.75 Å². The van der Waals surface area contributed by atoms with Gasteiger partial charge in [0.2, 0.25) is 0 Å². The molecule has 1 saturated carbocycles. The molecule has 1 aromatic rings. The molecule has 2 aliphatic rings. The molecule has 0 spiro atoms. The minimum atomic E-state index is 0.721. The first kappa shape index (κ1) is 14.7. The lowest BCUT2D eigenvalue weighted by atomic mass is 10.1. The second kappa shape index (κ2) is 7.14. The molecule has 2 fully saturated rings. The second-order valence-electron chi connectivity index (χ2n) is 5.98. The Hall–Kier alpha value is -1.26. The molecule has 0 aromatic heterocycles. The van der Waals surface area contributed by atoms with Crippen molar-refractivity contribution in [3.8, 4) is 5.75 Å². The molecule has 1 aliphatic heterocycles. The van der Waals surface area contributed by atoms with E-state index in [1.165, 1.54) is 30.5 Å². The van der Waals surface area contributed by atoms with Crippen LogP contribution in [-0.4, -0.2) is 38.8 Å². The molecule has 3 rings (SSSR count). The van der Waals surface area contributed by atoms with E-state index in [1.807, 2.05) is 0 Å². The summed E-state index contributed by atoms with van der Waals surface area (Å²) in [5, 5.41) is 7.03. The van der Waals surface area contributed by atoms with Crippen LogP contribution in [0, 0.1) is 0 Å². The van der Waals surface area contributed by atoms with Gasteiger partial charge in [0, 0.05) is 32.2 Å². The van der Waals surface area contributed by atoms with Crippen LogP contribution in [0.15, 0.2) is 18.2 Å². The van der Waals surface area contributed by atoms with Crippen molar-refractivity contribution in [2.24, 2.45) is 0 Å². The molecule has 1 heterocycles. The zero-order valence-corrected chi connectivity index (χ0v) is 13.0. The third-order valence-electron chi connectivity index (χ3n) is 4.18. The Morgan fingerprint density at radius 1 is 1.29 bits per heavy atom. The molecule has 116 valence electrons. The fourth-order valence-electron chi connectivity index (χ4n) is 2.84. The van der Waals surface area contributed by atoms with Gasteiger partial charge in [0.05, 0.1) is 12.3 Å². The molecule has 0 unspecified atom stereocenters. The largest absolute Gasteiger partial charge is 0.492 e. The van der Waals surface area contributed by atoms with Crippen molar-refractivity contribution < 1.29 is 4.74 Å². The van der Waals surface area contributed by atoms with Crippen LogP contribution in [0.2, 0.25) is 0 Å². The highest BCUT2D eigenvalue weighted by Crippen LogP contribution is 2.30. The quantitative estimate of drug-likeness (QED) is 0.841. The summed E-state index contributed by atoms with van der Waals surface area (Å²) in [7, 11) is 0. The number of hydrogen-bond donors (Lipinski definition) is 2. The number of anilines is 1. The van der Waals surface area contributed by atoms with Crippen molar-refractivity contribution in [3.63, 3.8) is 0 Å². The first-order valence-electron chi connectivity index (χ1n) is 8.31. The molecule has 2 N–H and O–H groups in total. The van der Waals surface area contributed by atoms with E-state index in [4.69, 9.17) is 4.74 Å². The Morgan fingerprint density at radius 3 is 3.00 bits per heavy atom. The summed E-state index contributed by atoms with van der Waals surface area (Å²) >= 11 is 0. The Balaban J connectivity index is 1.73. The molecule has 4 heteroatoms. The molecular weight excluding hydrogens is 262 g/mol. The minimum absolute atomic E-state index is 0.721. The predicted molar refractivity (Wildman–Crippen MR) is 87.2 cm³/mol. The molecule has 4 nitrogen and oxygen atoms in total. The van der Waals surface area contributed by atoms with Crippen LogP contribution in [0.1, 0.15) is 31.7 Å². The van der Waals surface area contributed by atoms with Gasteiger partial charge in [-0.15, -0.1) is 0 Å². The lowest BCUT2D eigenvalue weighted by Crippen LogP contribution is -2.28. The van der Waals surface area contributed by atoms with Crippen LogP contribution in [0.4, 0.5) is 5.69 Å². The topological polar surface area (TPSA) is 36.5 Å². The standard InChI is InChI=1S/C17H27N3O/c1-2-21-17-12-14(13-19-15-5-6-15)4-7-16(17)20-10-3-8-18-9-11-20/h4,7,12,15,18-19H,2-3,5-6,8-11,13H2,1H3. The lowest BCUT2D eigenvalue weighted by Gasteiger charge is -2.25. The molecule has 1 aliphatic carbocycles. The van der Waals surface area contributed by atoms with Gasteiger partial charge in [-0.05, 0) is 50.4 Å². The summed E-state index contributed by atoms with van der Waals surface area (Å²) in [6.07, 6.45) is 3.85. The monoisotopic (exact) mass is 289 g/mol. The van der Waals surface area contributed by atoms with Crippen molar-refractivity contribution in [2.75, 3.05) is 37.7 Å². The van der Waals surface area contributed by atoms with Crippen molar-refractivity contribution in [3.05, 3.63) is 23.8 Å². The first-order valence-corrected chi connectivity index (χ1v) is 8.31. The van der Waals surface area contributed by atoms with Gasteiger partial charge in [-0.25, -0.2) is 0 Å². The number of rotatable bonds is 6. The summed E-state index contributed by atoms with van der Waals surface area (Å²) in [5.41, 5.74) is 2.57. The average Bonchev–Trinajstić information content (AvgIpc) is 3.33. The van der Waals surface area contributed by atoms with Crippen LogP contribution >= 0.6 is 0 Å². The summed E-state index contributed by atoms with van der Waals surface area (Å²) in [6, 6.07) is 7.44. The third kappa shape index (κ3) is 4.11. The van der Waals surface area contributed by atoms with E-state index in [1.54, 1.807) is 0 Å². The second-order valence-corrected chi connectivity index (χ2v) is 5.98. The van der Waals surface area contributed by atoms with Gasteiger partial charge >= 0.3 is 0 Å². The van der Waals surface area contributed by atoms with Gasteiger partial charge in [-0.1, -0.05) is 6.07 Å². The molecule has 0 atom stereocenters. The maximum absolute atomic E-state index is 5.90. The Kier molecular flexibility index (Phi) is 4.99. The predicted octanol–water partition coefficient (Wildman–Crippen LogP) is 2.14. The van der Waals surface area contributed by atoms with E-state index in [-0.39, 0.29) is 0 Å². The van der Waals surface area contributed by atoms with Gasteiger partial charge in [0.25, 0.3) is 0 Å². The van der Waals surface area contributed by atoms with E-state index < -0.39 is 0 Å². The van der Waals surface area contributed by atoms with E-state index >= 15 is 0 Å². The third-order valence-corrected chi connectivity index (χ3v) is 4.18. The first-order chi connectivity index (χ1) is 10.4. The van der Waals surface area contributed by atoms with Gasteiger partial charge in [-0.2, -0.15) is 0 Å². The summed E-state index contributed by atoms with van der Waals surface area (Å²) < 4.78 is 5.90. The molecule has 1 saturated heterocycles. The molecule has 0 radical (unpaired) electrons. The highest BCUT2D eigenvalue weighted by Gasteiger charge is 2.20. The number of hydrogen-bond acceptors (Lipinski definition) is 4. The van der Waals surface area contributed by atoms with E-state index in [0.29, 0.717) is 0 Å². The zero-order chi connectivity index (χ0) is 14.5. The molecule has 0 amide bonds.